The van der Waals surface area contributed by atoms with Gasteiger partial charge in [0.05, 0.1) is 22.5 Å². The maximum absolute atomic E-state index is 11.6. The molecule has 0 aliphatic rings. The van der Waals surface area contributed by atoms with E-state index >= 15 is 0 Å². The number of rotatable bonds is 3. The number of hydrogen-bond acceptors (Lipinski definition) is 5. The molecule has 0 radical (unpaired) electrons. The summed E-state index contributed by atoms with van der Waals surface area (Å²) in [4.78, 5) is 15.9. The Morgan fingerprint density at radius 2 is 2.38 bits per heavy atom. The molecule has 2 heterocycles. The maximum atomic E-state index is 11.6. The number of aliphatic hydroxyl groups is 1. The second kappa shape index (κ2) is 4.15. The fraction of sp³-hybridized carbons (Fsp3) is 0.300. The van der Waals surface area contributed by atoms with Crippen LogP contribution in [-0.2, 0) is 7.05 Å². The number of ketones is 1. The molecule has 2 aromatic heterocycles. The van der Waals surface area contributed by atoms with E-state index in [1.165, 1.54) is 16.0 Å². The van der Waals surface area contributed by atoms with E-state index in [1.54, 1.807) is 13.2 Å². The number of aryl methyl sites for hydroxylation is 2. The Morgan fingerprint density at radius 3 is 2.94 bits per heavy atom. The summed E-state index contributed by atoms with van der Waals surface area (Å²) in [5.74, 6) is -0.347. The number of hydrogen-bond donors (Lipinski definition) is 1. The molecule has 0 spiro atoms. The van der Waals surface area contributed by atoms with Gasteiger partial charge in [0.1, 0.15) is 12.3 Å². The van der Waals surface area contributed by atoms with Gasteiger partial charge >= 0.3 is 0 Å². The van der Waals surface area contributed by atoms with Gasteiger partial charge in [-0.1, -0.05) is 0 Å². The molecule has 0 fully saturated rings. The molecule has 0 unspecified atom stereocenters. The number of nitrogens with zero attached hydrogens (tertiary/aromatic N) is 3. The number of aromatic nitrogens is 3. The van der Waals surface area contributed by atoms with Gasteiger partial charge in [0.15, 0.2) is 0 Å². The Hall–Kier alpha value is -1.53. The Bertz CT molecular complexity index is 530. The fourth-order valence-electron chi connectivity index (χ4n) is 1.52. The van der Waals surface area contributed by atoms with Crippen molar-refractivity contribution in [3.05, 3.63) is 22.3 Å². The largest absolute Gasteiger partial charge is 0.388 e. The number of Topliss-reactive ketones (excluding diaryl/α,β-unsaturated/α-hetero) is 1. The summed E-state index contributed by atoms with van der Waals surface area (Å²) < 4.78 is 1.46. The van der Waals surface area contributed by atoms with Crippen LogP contribution in [0.25, 0.3) is 11.3 Å². The van der Waals surface area contributed by atoms with Crippen molar-refractivity contribution in [1.29, 1.82) is 0 Å². The minimum atomic E-state index is -0.518. The molecule has 0 aromatic carbocycles. The zero-order valence-corrected chi connectivity index (χ0v) is 9.78. The van der Waals surface area contributed by atoms with Crippen molar-refractivity contribution in [1.82, 2.24) is 14.8 Å². The molecule has 84 valence electrons. The van der Waals surface area contributed by atoms with E-state index in [0.29, 0.717) is 11.3 Å². The minimum Gasteiger partial charge on any atom is -0.388 e. The topological polar surface area (TPSA) is 68.0 Å². The first-order chi connectivity index (χ1) is 7.63. The van der Waals surface area contributed by atoms with Crippen molar-refractivity contribution in [3.63, 3.8) is 0 Å². The molecule has 16 heavy (non-hydrogen) atoms. The molecular formula is C10H11N3O2S. The highest BCUT2D eigenvalue weighted by atomic mass is 32.1. The van der Waals surface area contributed by atoms with Crippen molar-refractivity contribution in [2.75, 3.05) is 6.61 Å². The van der Waals surface area contributed by atoms with E-state index < -0.39 is 6.61 Å². The third-order valence-electron chi connectivity index (χ3n) is 2.24. The third kappa shape index (κ3) is 1.77. The second-order valence-electron chi connectivity index (χ2n) is 3.36. The predicted octanol–water partition coefficient (Wildman–Crippen LogP) is 1.03. The van der Waals surface area contributed by atoms with Crippen LogP contribution < -0.4 is 0 Å². The summed E-state index contributed by atoms with van der Waals surface area (Å²) >= 11 is 1.51. The van der Waals surface area contributed by atoms with Crippen molar-refractivity contribution in [2.24, 2.45) is 7.05 Å². The van der Waals surface area contributed by atoms with Crippen LogP contribution >= 0.6 is 11.3 Å². The van der Waals surface area contributed by atoms with Gasteiger partial charge in [-0.25, -0.2) is 4.98 Å². The van der Waals surface area contributed by atoms with Gasteiger partial charge in [-0.2, -0.15) is 5.10 Å². The van der Waals surface area contributed by atoms with Gasteiger partial charge in [-0.05, 0) is 6.92 Å². The van der Waals surface area contributed by atoms with Gasteiger partial charge in [0.25, 0.3) is 0 Å². The van der Waals surface area contributed by atoms with Crippen LogP contribution in [0.15, 0.2) is 11.6 Å². The van der Waals surface area contributed by atoms with E-state index in [2.05, 4.69) is 10.1 Å². The summed E-state index contributed by atoms with van der Waals surface area (Å²) in [6.07, 6.45) is 1.59. The van der Waals surface area contributed by atoms with Crippen LogP contribution in [0.3, 0.4) is 0 Å². The van der Waals surface area contributed by atoms with Crippen molar-refractivity contribution in [2.45, 2.75) is 6.92 Å². The minimum absolute atomic E-state index is 0.347. The van der Waals surface area contributed by atoms with Gasteiger partial charge in [-0.3, -0.25) is 9.48 Å². The first kappa shape index (κ1) is 11.0. The van der Waals surface area contributed by atoms with Crippen molar-refractivity contribution >= 4 is 17.1 Å². The molecule has 2 rings (SSSR count). The highest BCUT2D eigenvalue weighted by Crippen LogP contribution is 2.24. The predicted molar refractivity (Wildman–Crippen MR) is 60.5 cm³/mol. The number of thiazole rings is 1. The molecule has 0 bridgehead atoms. The standard InChI is InChI=1S/C10H11N3O2S/c1-6-12-8(5-16-6)7-3-11-13(2)10(7)9(15)4-14/h3,5,14H,4H2,1-2H3. The van der Waals surface area contributed by atoms with Crippen LogP contribution in [0, 0.1) is 6.92 Å². The Kier molecular flexibility index (Phi) is 2.84. The molecule has 0 aliphatic carbocycles. The molecule has 0 amide bonds. The molecular weight excluding hydrogens is 226 g/mol. The molecule has 6 heteroatoms. The Labute approximate surface area is 96.4 Å². The van der Waals surface area contributed by atoms with Crippen LogP contribution in [0.2, 0.25) is 0 Å². The summed E-state index contributed by atoms with van der Waals surface area (Å²) in [5.41, 5.74) is 1.80. The Balaban J connectivity index is 2.53. The zero-order chi connectivity index (χ0) is 11.7. The average molecular weight is 237 g/mol. The van der Waals surface area contributed by atoms with E-state index in [1.807, 2.05) is 12.3 Å². The van der Waals surface area contributed by atoms with Crippen LogP contribution in [0.5, 0.6) is 0 Å². The lowest BCUT2D eigenvalue weighted by Crippen LogP contribution is -2.11. The summed E-state index contributed by atoms with van der Waals surface area (Å²) in [6.45, 7) is 1.38. The third-order valence-corrected chi connectivity index (χ3v) is 3.01. The number of carbonyl (C=O) groups excluding carboxylic acids is 1. The van der Waals surface area contributed by atoms with E-state index in [-0.39, 0.29) is 5.78 Å². The highest BCUT2D eigenvalue weighted by molar-refractivity contribution is 7.09. The van der Waals surface area contributed by atoms with E-state index in [0.717, 1.165) is 10.7 Å². The first-order valence-corrected chi connectivity index (χ1v) is 5.60. The van der Waals surface area contributed by atoms with Gasteiger partial charge < -0.3 is 5.11 Å². The van der Waals surface area contributed by atoms with Crippen LogP contribution in [0.4, 0.5) is 0 Å². The van der Waals surface area contributed by atoms with Crippen molar-refractivity contribution in [3.8, 4) is 11.3 Å². The summed E-state index contributed by atoms with van der Waals surface area (Å²) in [6, 6.07) is 0. The molecule has 2 aromatic rings. The molecule has 0 saturated heterocycles. The highest BCUT2D eigenvalue weighted by Gasteiger charge is 2.18. The quantitative estimate of drug-likeness (QED) is 0.809. The molecule has 0 saturated carbocycles. The molecule has 5 nitrogen and oxygen atoms in total. The van der Waals surface area contributed by atoms with E-state index in [4.69, 9.17) is 5.11 Å². The average Bonchev–Trinajstić information content (AvgIpc) is 2.83. The molecule has 1 N–H and O–H groups in total. The zero-order valence-electron chi connectivity index (χ0n) is 8.97. The molecule has 0 atom stereocenters. The monoisotopic (exact) mass is 237 g/mol. The van der Waals surface area contributed by atoms with Crippen molar-refractivity contribution < 1.29 is 9.90 Å². The van der Waals surface area contributed by atoms with Gasteiger partial charge in [-0.15, -0.1) is 11.3 Å². The maximum Gasteiger partial charge on any atom is 0.206 e. The first-order valence-electron chi connectivity index (χ1n) is 4.72. The lowest BCUT2D eigenvalue weighted by atomic mass is 10.1. The summed E-state index contributed by atoms with van der Waals surface area (Å²) in [5, 5.41) is 15.7. The molecule has 0 aliphatic heterocycles. The summed E-state index contributed by atoms with van der Waals surface area (Å²) in [7, 11) is 1.67. The Morgan fingerprint density at radius 1 is 1.62 bits per heavy atom. The van der Waals surface area contributed by atoms with E-state index in [9.17, 15) is 4.79 Å². The lowest BCUT2D eigenvalue weighted by Gasteiger charge is -2.00. The second-order valence-corrected chi connectivity index (χ2v) is 4.43. The normalized spacial score (nSPS) is 10.7. The number of aliphatic hydroxyl groups excluding tert-OH is 1. The van der Waals surface area contributed by atoms with Crippen LogP contribution in [-0.4, -0.2) is 32.3 Å². The van der Waals surface area contributed by atoms with Gasteiger partial charge in [0, 0.05) is 12.4 Å². The SMILES string of the molecule is Cc1nc(-c2cnn(C)c2C(=O)CO)cs1. The smallest absolute Gasteiger partial charge is 0.206 e. The van der Waals surface area contributed by atoms with Gasteiger partial charge in [0.2, 0.25) is 5.78 Å². The lowest BCUT2D eigenvalue weighted by molar-refractivity contribution is 0.0895. The van der Waals surface area contributed by atoms with Crippen LogP contribution in [0.1, 0.15) is 15.5 Å². The fourth-order valence-corrected chi connectivity index (χ4v) is 2.13. The number of carbonyl (C=O) groups is 1.